The van der Waals surface area contributed by atoms with Crippen molar-refractivity contribution in [2.45, 2.75) is 236 Å². The van der Waals surface area contributed by atoms with E-state index in [0.29, 0.717) is 54.5 Å². The first-order valence-corrected chi connectivity index (χ1v) is 45.3. The first-order valence-electron chi connectivity index (χ1n) is 44.1. The standard InChI is InChI=1S/C93H122N18O21S/c1-7-8-11-26-65-84(124)106-72(43-58-30-35-64(112)36-31-58)90(130)105-69(46-63-48-97-51-98-63)75(113)44-61(45-78(117)118)83(123)102-68(38-39-77(115)116)87(127)111-80(53(4)5)92(132)109-70(40-52(2)3)88(128)107-71(42-57-28-33-60(34-29-57)59-23-14-10-15-24-59)89(129)104-66(27-17-16-21-55-19-12-9-13-20-55)85(125)108-73(47-79(119)120)91(131)110-74(81(94)121)49-133-50-76(114)99-54(6)82(122)101-67(86(126)103-65)37-32-56-22-18-25-62(41-56)100-93(95)96/h9-10,12-15,18-20,22-25,28-31,33-36,41,48,51-54,61,65-74,80,112H,7-8,11,16-17,21,26-27,32,37-40,42-47,49-50H2,1-6H3,(H2,94,121)(H,97,98)(H,99,114)(H,101,122)(H,102,123)(H,103,126)(H,104,129)(H,105,130)(H,106,124)(H,107,128)(H,108,125)(H,109,132)(H,110,131)(H,111,127)(H,115,116)(H,117,118)(H,119,120)(H4,95,96,100)/t54-,61-,65-,66-,67-,68-,69-,70-,71-,72-,73-,74-,80-/m0/s1. The number of H-pyrrole nitrogens is 1. The van der Waals surface area contributed by atoms with Crippen molar-refractivity contribution in [3.63, 3.8) is 0 Å². The Balaban J connectivity index is 1.31. The minimum Gasteiger partial charge on any atom is -0.508 e. The fourth-order valence-corrected chi connectivity index (χ4v) is 15.5. The Labute approximate surface area is 774 Å². The number of rotatable bonds is 31. The van der Waals surface area contributed by atoms with E-state index in [9.17, 15) is 73.2 Å². The molecule has 40 heteroatoms. The Morgan fingerprint density at radius 3 is 1.53 bits per heavy atom. The second kappa shape index (κ2) is 53.9. The number of carboxylic acid groups (broad SMARTS) is 3. The van der Waals surface area contributed by atoms with Crippen molar-refractivity contribution < 1.29 is 102 Å². The van der Waals surface area contributed by atoms with Gasteiger partial charge in [0.2, 0.25) is 76.8 Å². The number of nitrogens with two attached hydrogens (primary N) is 2. The van der Waals surface area contributed by atoms with Crippen LogP contribution in [0.4, 0.5) is 5.69 Å². The molecule has 23 N–H and O–H groups in total. The highest BCUT2D eigenvalue weighted by Crippen LogP contribution is 2.24. The number of ketones is 1. The average molecular weight is 1860 g/mol. The van der Waals surface area contributed by atoms with E-state index >= 15 is 28.8 Å². The summed E-state index contributed by atoms with van der Waals surface area (Å²) in [6.07, 6.45) is -1.14. The molecule has 2 heterocycles. The average Bonchev–Trinajstić information content (AvgIpc) is 1.06. The topological polar surface area (TPSA) is 632 Å². The molecule has 39 nitrogen and oxygen atoms in total. The van der Waals surface area contributed by atoms with E-state index in [1.807, 2.05) is 67.6 Å². The van der Waals surface area contributed by atoms with Gasteiger partial charge in [-0.05, 0) is 128 Å². The van der Waals surface area contributed by atoms with Crippen molar-refractivity contribution in [2.75, 3.05) is 16.8 Å². The van der Waals surface area contributed by atoms with Gasteiger partial charge in [0.05, 0.1) is 42.6 Å². The zero-order valence-corrected chi connectivity index (χ0v) is 75.9. The molecule has 0 saturated carbocycles. The van der Waals surface area contributed by atoms with E-state index in [4.69, 9.17) is 16.9 Å². The molecular weight excluding hydrogens is 1740 g/mol. The summed E-state index contributed by atoms with van der Waals surface area (Å²) >= 11 is 0.735. The number of anilines is 1. The van der Waals surface area contributed by atoms with Gasteiger partial charge in [-0.25, -0.2) is 4.98 Å². The van der Waals surface area contributed by atoms with Gasteiger partial charge in [0.15, 0.2) is 11.7 Å². The number of nitrogens with one attached hydrogen (secondary N) is 15. The zero-order valence-electron chi connectivity index (χ0n) is 75.1. The number of carboxylic acids is 3. The number of benzene rings is 5. The van der Waals surface area contributed by atoms with Crippen molar-refractivity contribution >= 4 is 124 Å². The summed E-state index contributed by atoms with van der Waals surface area (Å²) in [5, 5.41) is 82.6. The number of hydrogen-bond acceptors (Lipinski definition) is 21. The van der Waals surface area contributed by atoms with E-state index in [1.54, 1.807) is 62.4 Å². The first kappa shape index (κ1) is 106. The molecule has 1 fully saturated rings. The van der Waals surface area contributed by atoms with Crippen LogP contribution in [0, 0.1) is 23.2 Å². The number of carbonyl (C=O) groups excluding carboxylic acids is 14. The second-order valence-corrected chi connectivity index (χ2v) is 34.6. The largest absolute Gasteiger partial charge is 0.508 e. The summed E-state index contributed by atoms with van der Waals surface area (Å²) in [6.45, 7) is 9.60. The fraction of sp³-hybridized carbons (Fsp3) is 0.452. The van der Waals surface area contributed by atoms with Crippen LogP contribution in [0.15, 0.2) is 146 Å². The number of carbonyl (C=O) groups is 17. The quantitative estimate of drug-likeness (QED) is 0.0169. The number of Topliss-reactive ketones (excluding diaryl/α,β-unsaturated/α-hetero) is 1. The van der Waals surface area contributed by atoms with Crippen molar-refractivity contribution in [1.29, 1.82) is 5.41 Å². The number of aryl methyl sites for hydroxylation is 2. The normalized spacial score (nSPS) is 22.3. The van der Waals surface area contributed by atoms with Crippen LogP contribution < -0.4 is 80.6 Å². The lowest BCUT2D eigenvalue weighted by Gasteiger charge is -2.29. The predicted octanol–water partition coefficient (Wildman–Crippen LogP) is 2.90. The fourth-order valence-electron chi connectivity index (χ4n) is 14.7. The molecule has 5 aromatic carbocycles. The van der Waals surface area contributed by atoms with Gasteiger partial charge in [0.25, 0.3) is 0 Å². The number of hydrogen-bond donors (Lipinski definition) is 21. The molecular formula is C93H122N18O21S. The third kappa shape index (κ3) is 37.0. The number of aromatic nitrogens is 2. The summed E-state index contributed by atoms with van der Waals surface area (Å²) in [5.74, 6) is -24.0. The number of amides is 13. The number of phenolic OH excluding ortho intramolecular Hbond substituents is 1. The van der Waals surface area contributed by atoms with Crippen molar-refractivity contribution in [3.05, 3.63) is 174 Å². The summed E-state index contributed by atoms with van der Waals surface area (Å²) in [4.78, 5) is 251. The number of unbranched alkanes of at least 4 members (excludes halogenated alkanes) is 3. The minimum atomic E-state index is -1.98. The lowest BCUT2D eigenvalue weighted by molar-refractivity contribution is -0.143. The third-order valence-corrected chi connectivity index (χ3v) is 22.9. The van der Waals surface area contributed by atoms with E-state index < -0.39 is 241 Å². The second-order valence-electron chi connectivity index (χ2n) is 33.6. The molecule has 7 rings (SSSR count). The monoisotopic (exact) mass is 1860 g/mol. The van der Waals surface area contributed by atoms with Crippen molar-refractivity contribution in [3.8, 4) is 16.9 Å². The van der Waals surface area contributed by atoms with Gasteiger partial charge in [-0.2, -0.15) is 0 Å². The summed E-state index contributed by atoms with van der Waals surface area (Å²) in [5.41, 5.74) is 15.9. The Bertz CT molecular complexity index is 4990. The number of phenols is 1. The highest BCUT2D eigenvalue weighted by molar-refractivity contribution is 8.00. The van der Waals surface area contributed by atoms with E-state index in [-0.39, 0.29) is 68.8 Å². The summed E-state index contributed by atoms with van der Waals surface area (Å²) in [6, 6.07) is 17.8. The van der Waals surface area contributed by atoms with Crippen molar-refractivity contribution in [1.82, 2.24) is 73.8 Å². The van der Waals surface area contributed by atoms with Crippen LogP contribution in [0.25, 0.3) is 11.1 Å². The molecule has 0 spiro atoms. The van der Waals surface area contributed by atoms with Gasteiger partial charge in [0, 0.05) is 49.7 Å². The number of primary amides is 1. The number of aromatic hydroxyl groups is 1. The van der Waals surface area contributed by atoms with Gasteiger partial charge >= 0.3 is 17.9 Å². The van der Waals surface area contributed by atoms with Crippen LogP contribution >= 0.6 is 11.8 Å². The van der Waals surface area contributed by atoms with Gasteiger partial charge < -0.3 is 106 Å². The van der Waals surface area contributed by atoms with Gasteiger partial charge in [-0.15, -0.1) is 11.8 Å². The molecule has 13 atom stereocenters. The SMILES string of the molecule is CCCCC[C@@H]1NC(=O)[C@H](CCc2cccc(NC(=N)N)c2)NC(=O)[C@H](C)NC(=O)CSC[C@@H](C(N)=O)NC(=O)[C@H](CC(=O)O)NC(=O)[C@H](CCCCc2ccccc2)NC(=O)[C@H](Cc2ccc(-c3ccccc3)cc2)NC(=O)[C@H](CC(C)C)NC(=O)[C@H](C(C)C)NC(=O)[C@H](CCC(=O)O)NC(=O)[C@H](CC(=O)O)CC(=O)[C@H](Cc2c[nH]cn2)NC(=O)[C@H](Cc2ccc(O)cc2)NC1=O. The van der Waals surface area contributed by atoms with E-state index in [1.165, 1.54) is 57.6 Å². The van der Waals surface area contributed by atoms with Gasteiger partial charge in [-0.1, -0.05) is 169 Å². The van der Waals surface area contributed by atoms with Gasteiger partial charge in [-0.3, -0.25) is 86.9 Å². The lowest BCUT2D eigenvalue weighted by Crippen LogP contribution is -2.61. The number of thioether (sulfide) groups is 1. The number of aromatic amines is 1. The molecule has 133 heavy (non-hydrogen) atoms. The zero-order chi connectivity index (χ0) is 97.4. The molecule has 0 radical (unpaired) electrons. The maximum absolute atomic E-state index is 15.3. The minimum absolute atomic E-state index is 0.0405. The van der Waals surface area contributed by atoms with Crippen LogP contribution in [0.2, 0.25) is 0 Å². The first-order chi connectivity index (χ1) is 63.3. The Morgan fingerprint density at radius 2 is 0.977 bits per heavy atom. The lowest BCUT2D eigenvalue weighted by atomic mass is 9.92. The maximum Gasteiger partial charge on any atom is 0.305 e. The predicted molar refractivity (Wildman–Crippen MR) is 492 cm³/mol. The van der Waals surface area contributed by atoms with Gasteiger partial charge in [0.1, 0.15) is 72.2 Å². The molecule has 1 saturated heterocycles. The molecule has 6 aromatic rings. The molecule has 1 aliphatic rings. The van der Waals surface area contributed by atoms with Crippen LogP contribution in [-0.4, -0.2) is 221 Å². The van der Waals surface area contributed by atoms with Crippen LogP contribution in [0.1, 0.15) is 159 Å². The molecule has 13 amide bonds. The Hall–Kier alpha value is -14.1. The highest BCUT2D eigenvalue weighted by Gasteiger charge is 2.40. The number of guanidine groups is 1. The van der Waals surface area contributed by atoms with Crippen LogP contribution in [0.5, 0.6) is 5.75 Å². The van der Waals surface area contributed by atoms with E-state index in [2.05, 4.69) is 79.1 Å². The maximum atomic E-state index is 15.3. The molecule has 1 aliphatic heterocycles. The highest BCUT2D eigenvalue weighted by atomic mass is 32.2. The Morgan fingerprint density at radius 1 is 0.481 bits per heavy atom. The third-order valence-electron chi connectivity index (χ3n) is 21.9. The number of aliphatic carboxylic acids is 3. The molecule has 716 valence electrons. The molecule has 0 aliphatic carbocycles. The Kier molecular flexibility index (Phi) is 43.0. The van der Waals surface area contributed by atoms with Crippen LogP contribution in [-0.2, 0) is 114 Å². The molecule has 0 bridgehead atoms. The smallest absolute Gasteiger partial charge is 0.305 e. The van der Waals surface area contributed by atoms with E-state index in [0.717, 1.165) is 28.5 Å². The summed E-state index contributed by atoms with van der Waals surface area (Å²) < 4.78 is 0. The van der Waals surface area contributed by atoms with Crippen LogP contribution in [0.3, 0.4) is 0 Å². The number of nitrogens with zero attached hydrogens (tertiary/aromatic N) is 1. The number of imidazole rings is 1. The summed E-state index contributed by atoms with van der Waals surface area (Å²) in [7, 11) is 0. The molecule has 0 unspecified atom stereocenters. The van der Waals surface area contributed by atoms with Crippen molar-refractivity contribution in [2.24, 2.45) is 29.2 Å². The molecule has 1 aromatic heterocycles.